The van der Waals surface area contributed by atoms with E-state index in [4.69, 9.17) is 19.5 Å². The van der Waals surface area contributed by atoms with E-state index in [9.17, 15) is 0 Å². The second-order valence-corrected chi connectivity index (χ2v) is 3.85. The highest BCUT2D eigenvalue weighted by atomic mass is 16.7. The average molecular weight is 198 g/mol. The molecule has 2 aliphatic rings. The van der Waals surface area contributed by atoms with Gasteiger partial charge in [-0.05, 0) is 12.8 Å². The molecule has 0 bridgehead atoms. The van der Waals surface area contributed by atoms with Crippen LogP contribution in [0.3, 0.4) is 0 Å². The fourth-order valence-electron chi connectivity index (χ4n) is 2.12. The SMILES string of the molecule is OB(O)C=C1CCC2(CC1)OCCO2. The molecule has 2 rings (SSSR count). The number of allylic oxidation sites excluding steroid dienone is 1. The van der Waals surface area contributed by atoms with E-state index in [1.807, 2.05) is 0 Å². The average Bonchev–Trinajstić information content (AvgIpc) is 2.58. The van der Waals surface area contributed by atoms with Gasteiger partial charge in [0.2, 0.25) is 0 Å². The standard InChI is InChI=1S/C9H15BO4/c11-10(12)7-8-1-3-9(4-2-8)13-5-6-14-9/h7,11-12H,1-6H2. The van der Waals surface area contributed by atoms with Gasteiger partial charge in [-0.15, -0.1) is 0 Å². The van der Waals surface area contributed by atoms with Crippen molar-refractivity contribution >= 4 is 7.12 Å². The van der Waals surface area contributed by atoms with Crippen LogP contribution in [0, 0.1) is 0 Å². The van der Waals surface area contributed by atoms with Gasteiger partial charge in [0.1, 0.15) is 0 Å². The largest absolute Gasteiger partial charge is 0.480 e. The van der Waals surface area contributed by atoms with Gasteiger partial charge in [0.25, 0.3) is 0 Å². The van der Waals surface area contributed by atoms with Gasteiger partial charge in [-0.25, -0.2) is 0 Å². The summed E-state index contributed by atoms with van der Waals surface area (Å²) in [5.74, 6) is 1.14. The molecule has 1 aliphatic carbocycles. The molecule has 1 spiro atoms. The Morgan fingerprint density at radius 1 is 1.14 bits per heavy atom. The lowest BCUT2D eigenvalue weighted by Gasteiger charge is -2.32. The highest BCUT2D eigenvalue weighted by Gasteiger charge is 2.38. The third kappa shape index (κ3) is 2.17. The number of rotatable bonds is 1. The van der Waals surface area contributed by atoms with E-state index in [1.165, 1.54) is 5.98 Å². The van der Waals surface area contributed by atoms with Gasteiger partial charge in [0.15, 0.2) is 5.79 Å². The van der Waals surface area contributed by atoms with Crippen molar-refractivity contribution in [1.82, 2.24) is 0 Å². The Balaban J connectivity index is 1.91. The Morgan fingerprint density at radius 2 is 1.71 bits per heavy atom. The quantitative estimate of drug-likeness (QED) is 0.592. The first-order chi connectivity index (χ1) is 6.70. The third-order valence-corrected chi connectivity index (χ3v) is 2.85. The zero-order valence-electron chi connectivity index (χ0n) is 8.11. The summed E-state index contributed by atoms with van der Waals surface area (Å²) >= 11 is 0. The summed E-state index contributed by atoms with van der Waals surface area (Å²) in [4.78, 5) is 0. The van der Waals surface area contributed by atoms with Crippen molar-refractivity contribution in [3.63, 3.8) is 0 Å². The Hall–Kier alpha value is -0.355. The molecule has 1 heterocycles. The Labute approximate surface area is 83.7 Å². The molecule has 0 aromatic heterocycles. The molecule has 0 aromatic carbocycles. The number of hydrogen-bond acceptors (Lipinski definition) is 4. The highest BCUT2D eigenvalue weighted by molar-refractivity contribution is 6.47. The lowest BCUT2D eigenvalue weighted by molar-refractivity contribution is -0.171. The lowest BCUT2D eigenvalue weighted by Crippen LogP contribution is -2.33. The van der Waals surface area contributed by atoms with Crippen LogP contribution in [-0.4, -0.2) is 36.2 Å². The fraction of sp³-hybridized carbons (Fsp3) is 0.778. The minimum Gasteiger partial charge on any atom is -0.424 e. The highest BCUT2D eigenvalue weighted by Crippen LogP contribution is 2.37. The topological polar surface area (TPSA) is 58.9 Å². The van der Waals surface area contributed by atoms with Gasteiger partial charge in [-0.3, -0.25) is 0 Å². The van der Waals surface area contributed by atoms with E-state index in [0.29, 0.717) is 13.2 Å². The van der Waals surface area contributed by atoms with Crippen molar-refractivity contribution in [2.45, 2.75) is 31.5 Å². The molecule has 5 heteroatoms. The molecule has 0 amide bonds. The van der Waals surface area contributed by atoms with Crippen molar-refractivity contribution in [3.8, 4) is 0 Å². The molecule has 1 aliphatic heterocycles. The van der Waals surface area contributed by atoms with Crippen molar-refractivity contribution in [3.05, 3.63) is 11.5 Å². The first kappa shape index (κ1) is 10.2. The molecule has 14 heavy (non-hydrogen) atoms. The lowest BCUT2D eigenvalue weighted by atomic mass is 9.81. The molecular formula is C9H15BO4. The van der Waals surface area contributed by atoms with Crippen LogP contribution in [0.1, 0.15) is 25.7 Å². The molecule has 78 valence electrons. The van der Waals surface area contributed by atoms with Gasteiger partial charge in [-0.1, -0.05) is 11.5 Å². The monoisotopic (exact) mass is 198 g/mol. The fourth-order valence-corrected chi connectivity index (χ4v) is 2.12. The van der Waals surface area contributed by atoms with Crippen LogP contribution in [0.15, 0.2) is 11.5 Å². The molecule has 2 fully saturated rings. The van der Waals surface area contributed by atoms with Crippen LogP contribution in [0.5, 0.6) is 0 Å². The van der Waals surface area contributed by atoms with E-state index in [0.717, 1.165) is 31.3 Å². The van der Waals surface area contributed by atoms with Crippen LogP contribution in [0.25, 0.3) is 0 Å². The molecule has 0 unspecified atom stereocenters. The van der Waals surface area contributed by atoms with Crippen molar-refractivity contribution in [2.24, 2.45) is 0 Å². The zero-order chi connectivity index (χ0) is 10.0. The number of ether oxygens (including phenoxy) is 2. The van der Waals surface area contributed by atoms with E-state index in [-0.39, 0.29) is 5.79 Å². The summed E-state index contributed by atoms with van der Waals surface area (Å²) in [5, 5.41) is 17.6. The summed E-state index contributed by atoms with van der Waals surface area (Å²) in [6.07, 6.45) is 3.31. The summed E-state index contributed by atoms with van der Waals surface area (Å²) in [6, 6.07) is 0. The van der Waals surface area contributed by atoms with Gasteiger partial charge < -0.3 is 19.5 Å². The first-order valence-corrected chi connectivity index (χ1v) is 5.04. The minimum atomic E-state index is -1.33. The maximum atomic E-state index is 8.78. The van der Waals surface area contributed by atoms with Crippen LogP contribution < -0.4 is 0 Å². The molecule has 1 saturated carbocycles. The van der Waals surface area contributed by atoms with Gasteiger partial charge in [-0.2, -0.15) is 0 Å². The molecule has 2 N–H and O–H groups in total. The Bertz CT molecular complexity index is 221. The van der Waals surface area contributed by atoms with Crippen molar-refractivity contribution in [1.29, 1.82) is 0 Å². The molecule has 0 aromatic rings. The Kier molecular flexibility index (Phi) is 2.92. The van der Waals surface area contributed by atoms with Crippen LogP contribution in [0.2, 0.25) is 0 Å². The van der Waals surface area contributed by atoms with E-state index >= 15 is 0 Å². The minimum absolute atomic E-state index is 0.363. The third-order valence-electron chi connectivity index (χ3n) is 2.85. The van der Waals surface area contributed by atoms with E-state index in [1.54, 1.807) is 0 Å². The van der Waals surface area contributed by atoms with Gasteiger partial charge in [0, 0.05) is 12.8 Å². The van der Waals surface area contributed by atoms with Crippen LogP contribution in [-0.2, 0) is 9.47 Å². The molecular weight excluding hydrogens is 183 g/mol. The summed E-state index contributed by atoms with van der Waals surface area (Å²) in [7, 11) is -1.33. The van der Waals surface area contributed by atoms with Gasteiger partial charge in [0.05, 0.1) is 13.2 Å². The van der Waals surface area contributed by atoms with E-state index < -0.39 is 7.12 Å². The molecule has 4 nitrogen and oxygen atoms in total. The summed E-state index contributed by atoms with van der Waals surface area (Å²) in [6.45, 7) is 1.36. The maximum absolute atomic E-state index is 8.78. The number of hydrogen-bond donors (Lipinski definition) is 2. The predicted octanol–water partition coefficient (Wildman–Crippen LogP) is 0.242. The van der Waals surface area contributed by atoms with Gasteiger partial charge >= 0.3 is 7.12 Å². The second kappa shape index (κ2) is 4.02. The summed E-state index contributed by atoms with van der Waals surface area (Å²) < 4.78 is 11.1. The van der Waals surface area contributed by atoms with Crippen LogP contribution >= 0.6 is 0 Å². The molecule has 0 radical (unpaired) electrons. The van der Waals surface area contributed by atoms with Crippen LogP contribution in [0.4, 0.5) is 0 Å². The normalized spacial score (nSPS) is 25.4. The molecule has 0 atom stereocenters. The first-order valence-electron chi connectivity index (χ1n) is 5.04. The van der Waals surface area contributed by atoms with Crippen molar-refractivity contribution in [2.75, 3.05) is 13.2 Å². The Morgan fingerprint density at radius 3 is 2.21 bits per heavy atom. The summed E-state index contributed by atoms with van der Waals surface area (Å²) in [5.41, 5.74) is 1.09. The predicted molar refractivity (Wildman–Crippen MR) is 51.4 cm³/mol. The smallest absolute Gasteiger partial charge is 0.424 e. The van der Waals surface area contributed by atoms with E-state index in [2.05, 4.69) is 0 Å². The maximum Gasteiger partial charge on any atom is 0.480 e. The zero-order valence-corrected chi connectivity index (χ0v) is 8.11. The second-order valence-electron chi connectivity index (χ2n) is 3.85. The van der Waals surface area contributed by atoms with Crippen molar-refractivity contribution < 1.29 is 19.5 Å². The molecule has 1 saturated heterocycles.